The second-order valence-electron chi connectivity index (χ2n) is 6.21. The zero-order valence-electron chi connectivity index (χ0n) is 12.7. The van der Waals surface area contributed by atoms with Gasteiger partial charge in [-0.15, -0.1) is 0 Å². The molecule has 2 fully saturated rings. The number of piperazine rings is 1. The molecule has 20 heavy (non-hydrogen) atoms. The van der Waals surface area contributed by atoms with Crippen LogP contribution >= 0.6 is 0 Å². The number of methoxy groups -OCH3 is 1. The van der Waals surface area contributed by atoms with E-state index in [2.05, 4.69) is 35.3 Å². The van der Waals surface area contributed by atoms with Gasteiger partial charge in [-0.2, -0.15) is 0 Å². The van der Waals surface area contributed by atoms with Crippen molar-refractivity contribution in [1.82, 2.24) is 10.2 Å². The number of hydrogen-bond donors (Lipinski definition) is 1. The first-order valence-electron chi connectivity index (χ1n) is 7.87. The topological polar surface area (TPSA) is 24.5 Å². The molecule has 2 aliphatic rings. The zero-order chi connectivity index (χ0) is 13.9. The van der Waals surface area contributed by atoms with Crippen molar-refractivity contribution in [3.63, 3.8) is 0 Å². The predicted octanol–water partition coefficient (Wildman–Crippen LogP) is 2.75. The van der Waals surface area contributed by atoms with E-state index in [4.69, 9.17) is 4.74 Å². The van der Waals surface area contributed by atoms with Gasteiger partial charge in [-0.05, 0) is 36.5 Å². The quantitative estimate of drug-likeness (QED) is 0.893. The van der Waals surface area contributed by atoms with Crippen LogP contribution in [-0.2, 0) is 0 Å². The molecule has 0 bridgehead atoms. The Morgan fingerprint density at radius 1 is 1.30 bits per heavy atom. The monoisotopic (exact) mass is 274 g/mol. The van der Waals surface area contributed by atoms with Crippen LogP contribution in [0.25, 0.3) is 0 Å². The SMILES string of the molecule is COc1ccc([C@@H](CC2CC2)N2CCNCC2)cc1C. The van der Waals surface area contributed by atoms with E-state index < -0.39 is 0 Å². The number of hydrogen-bond acceptors (Lipinski definition) is 3. The highest BCUT2D eigenvalue weighted by Crippen LogP contribution is 2.40. The summed E-state index contributed by atoms with van der Waals surface area (Å²) in [5.74, 6) is 1.96. The highest BCUT2D eigenvalue weighted by molar-refractivity contribution is 5.37. The van der Waals surface area contributed by atoms with E-state index in [1.54, 1.807) is 7.11 Å². The Balaban J connectivity index is 1.81. The number of nitrogens with zero attached hydrogens (tertiary/aromatic N) is 1. The van der Waals surface area contributed by atoms with Crippen molar-refractivity contribution in [2.45, 2.75) is 32.2 Å². The number of aryl methyl sites for hydroxylation is 1. The summed E-state index contributed by atoms with van der Waals surface area (Å²) in [6.07, 6.45) is 4.18. The van der Waals surface area contributed by atoms with Gasteiger partial charge in [0.05, 0.1) is 7.11 Å². The van der Waals surface area contributed by atoms with Crippen LogP contribution in [0.3, 0.4) is 0 Å². The average Bonchev–Trinajstić information content (AvgIpc) is 3.30. The van der Waals surface area contributed by atoms with Gasteiger partial charge in [0, 0.05) is 32.2 Å². The van der Waals surface area contributed by atoms with Gasteiger partial charge in [-0.1, -0.05) is 25.0 Å². The Hall–Kier alpha value is -1.06. The molecule has 0 spiro atoms. The maximum Gasteiger partial charge on any atom is 0.121 e. The van der Waals surface area contributed by atoms with Crippen LogP contribution < -0.4 is 10.1 Å². The Morgan fingerprint density at radius 2 is 2.05 bits per heavy atom. The third-order valence-corrected chi connectivity index (χ3v) is 4.65. The van der Waals surface area contributed by atoms with Crippen molar-refractivity contribution in [3.8, 4) is 5.75 Å². The Bertz CT molecular complexity index is 450. The third kappa shape index (κ3) is 3.15. The van der Waals surface area contributed by atoms with Gasteiger partial charge < -0.3 is 10.1 Å². The fourth-order valence-corrected chi connectivity index (χ4v) is 3.27. The molecule has 1 saturated heterocycles. The largest absolute Gasteiger partial charge is 0.496 e. The van der Waals surface area contributed by atoms with Crippen LogP contribution in [0.4, 0.5) is 0 Å². The van der Waals surface area contributed by atoms with Crippen LogP contribution in [-0.4, -0.2) is 38.2 Å². The molecule has 0 aromatic heterocycles. The number of ether oxygens (including phenoxy) is 1. The predicted molar refractivity (Wildman–Crippen MR) is 82.3 cm³/mol. The molecule has 1 heterocycles. The lowest BCUT2D eigenvalue weighted by molar-refractivity contribution is 0.160. The molecule has 0 amide bonds. The summed E-state index contributed by atoms with van der Waals surface area (Å²) in [6.45, 7) is 6.73. The summed E-state index contributed by atoms with van der Waals surface area (Å²) < 4.78 is 5.40. The van der Waals surface area contributed by atoms with Crippen LogP contribution in [0.15, 0.2) is 18.2 Å². The molecule has 1 N–H and O–H groups in total. The maximum atomic E-state index is 5.40. The molecule has 1 saturated carbocycles. The fourth-order valence-electron chi connectivity index (χ4n) is 3.27. The Labute approximate surface area is 122 Å². The van der Waals surface area contributed by atoms with Crippen molar-refractivity contribution < 1.29 is 4.74 Å². The molecule has 1 aliphatic carbocycles. The lowest BCUT2D eigenvalue weighted by atomic mass is 9.97. The molecule has 0 radical (unpaired) electrons. The second-order valence-corrected chi connectivity index (χ2v) is 6.21. The first-order valence-corrected chi connectivity index (χ1v) is 7.87. The zero-order valence-corrected chi connectivity index (χ0v) is 12.7. The first kappa shape index (κ1) is 13.9. The molecular weight excluding hydrogens is 248 g/mol. The summed E-state index contributed by atoms with van der Waals surface area (Å²) in [4.78, 5) is 2.66. The summed E-state index contributed by atoms with van der Waals surface area (Å²) in [5.41, 5.74) is 2.72. The fraction of sp³-hybridized carbons (Fsp3) is 0.647. The van der Waals surface area contributed by atoms with Gasteiger partial charge in [-0.3, -0.25) is 4.90 Å². The summed E-state index contributed by atoms with van der Waals surface area (Å²) in [5, 5.41) is 3.46. The summed E-state index contributed by atoms with van der Waals surface area (Å²) in [6, 6.07) is 7.32. The van der Waals surface area contributed by atoms with Gasteiger partial charge >= 0.3 is 0 Å². The van der Waals surface area contributed by atoms with Crippen molar-refractivity contribution >= 4 is 0 Å². The van der Waals surface area contributed by atoms with Crippen LogP contribution in [0.1, 0.15) is 36.4 Å². The van der Waals surface area contributed by atoms with E-state index in [-0.39, 0.29) is 0 Å². The van der Waals surface area contributed by atoms with E-state index in [1.165, 1.54) is 43.5 Å². The molecule has 0 unspecified atom stereocenters. The van der Waals surface area contributed by atoms with Gasteiger partial charge in [0.1, 0.15) is 5.75 Å². The van der Waals surface area contributed by atoms with Crippen molar-refractivity contribution in [2.24, 2.45) is 5.92 Å². The Morgan fingerprint density at radius 3 is 2.65 bits per heavy atom. The number of benzene rings is 1. The molecule has 1 aromatic carbocycles. The average molecular weight is 274 g/mol. The van der Waals surface area contributed by atoms with E-state index >= 15 is 0 Å². The standard InChI is InChI=1S/C17H26N2O/c1-13-11-15(5-6-17(13)20-2)16(12-14-3-4-14)19-9-7-18-8-10-19/h5-6,11,14,16,18H,3-4,7-10,12H2,1-2H3/t16-/m1/s1. The minimum Gasteiger partial charge on any atom is -0.496 e. The van der Waals surface area contributed by atoms with Crippen molar-refractivity contribution in [1.29, 1.82) is 0 Å². The highest BCUT2D eigenvalue weighted by Gasteiger charge is 2.30. The second kappa shape index (κ2) is 6.15. The summed E-state index contributed by atoms with van der Waals surface area (Å²) >= 11 is 0. The van der Waals surface area contributed by atoms with E-state index in [0.717, 1.165) is 24.8 Å². The lowest BCUT2D eigenvalue weighted by Crippen LogP contribution is -2.45. The molecule has 1 aliphatic heterocycles. The molecule has 3 nitrogen and oxygen atoms in total. The minimum absolute atomic E-state index is 0.592. The van der Waals surface area contributed by atoms with E-state index in [1.807, 2.05) is 0 Å². The molecule has 110 valence electrons. The maximum absolute atomic E-state index is 5.40. The normalized spacial score (nSPS) is 21.7. The first-order chi connectivity index (χ1) is 9.78. The number of rotatable bonds is 5. The van der Waals surface area contributed by atoms with Crippen molar-refractivity contribution in [3.05, 3.63) is 29.3 Å². The van der Waals surface area contributed by atoms with E-state index in [0.29, 0.717) is 6.04 Å². The molecule has 1 atom stereocenters. The third-order valence-electron chi connectivity index (χ3n) is 4.65. The van der Waals surface area contributed by atoms with Gasteiger partial charge in [-0.25, -0.2) is 0 Å². The van der Waals surface area contributed by atoms with Gasteiger partial charge in [0.25, 0.3) is 0 Å². The van der Waals surface area contributed by atoms with Crippen LogP contribution in [0, 0.1) is 12.8 Å². The lowest BCUT2D eigenvalue weighted by Gasteiger charge is -2.35. The molecule has 1 aromatic rings. The van der Waals surface area contributed by atoms with Gasteiger partial charge in [0.2, 0.25) is 0 Å². The van der Waals surface area contributed by atoms with Crippen LogP contribution in [0.2, 0.25) is 0 Å². The van der Waals surface area contributed by atoms with Gasteiger partial charge in [0.15, 0.2) is 0 Å². The molecule has 3 heteroatoms. The highest BCUT2D eigenvalue weighted by atomic mass is 16.5. The minimum atomic E-state index is 0.592. The summed E-state index contributed by atoms with van der Waals surface area (Å²) in [7, 11) is 1.75. The molecular formula is C17H26N2O. The van der Waals surface area contributed by atoms with Crippen molar-refractivity contribution in [2.75, 3.05) is 33.3 Å². The number of nitrogens with one attached hydrogen (secondary N) is 1. The van der Waals surface area contributed by atoms with E-state index in [9.17, 15) is 0 Å². The smallest absolute Gasteiger partial charge is 0.121 e. The van der Waals surface area contributed by atoms with Crippen LogP contribution in [0.5, 0.6) is 5.75 Å². The molecule has 3 rings (SSSR count). The Kier molecular flexibility index (Phi) is 4.27.